The molecule has 8 nitrogen and oxygen atoms in total. The van der Waals surface area contributed by atoms with E-state index < -0.39 is 63.6 Å². The van der Waals surface area contributed by atoms with E-state index in [0.29, 0.717) is 6.07 Å². The lowest BCUT2D eigenvalue weighted by Crippen LogP contribution is -2.38. The van der Waals surface area contributed by atoms with Crippen LogP contribution in [-0.2, 0) is 15.0 Å². The highest BCUT2D eigenvalue weighted by Crippen LogP contribution is 2.56. The molecule has 0 saturated heterocycles. The SMILES string of the molecule is CC(=O)C1=C(O)C=C2Oc3c(C(N)=O)c(OC(F)F)cc(O)c3[C@]2(C)C1=O. The number of hydrogen-bond donors (Lipinski definition) is 3. The Bertz CT molecular complexity index is 980. The lowest BCUT2D eigenvalue weighted by Gasteiger charge is -2.27. The average Bonchev–Trinajstić information content (AvgIpc) is 2.80. The van der Waals surface area contributed by atoms with Crippen molar-refractivity contribution in [2.45, 2.75) is 25.9 Å². The van der Waals surface area contributed by atoms with E-state index in [1.165, 1.54) is 6.92 Å². The number of rotatable bonds is 4. The maximum Gasteiger partial charge on any atom is 0.387 e. The lowest BCUT2D eigenvalue weighted by molar-refractivity contribution is -0.123. The summed E-state index contributed by atoms with van der Waals surface area (Å²) in [6.07, 6.45) is 0.982. The topological polar surface area (TPSA) is 136 Å². The second kappa shape index (κ2) is 5.79. The zero-order valence-electron chi connectivity index (χ0n) is 14.0. The van der Waals surface area contributed by atoms with Crippen molar-refractivity contribution in [3.05, 3.63) is 40.4 Å². The fourth-order valence-electron chi connectivity index (χ4n) is 3.27. The molecule has 27 heavy (non-hydrogen) atoms. The monoisotopic (exact) mass is 381 g/mol. The van der Waals surface area contributed by atoms with Gasteiger partial charge in [0.25, 0.3) is 5.91 Å². The highest BCUT2D eigenvalue weighted by molar-refractivity contribution is 6.25. The van der Waals surface area contributed by atoms with Crippen molar-refractivity contribution in [2.24, 2.45) is 5.73 Å². The first kappa shape index (κ1) is 18.4. The first-order valence-corrected chi connectivity index (χ1v) is 7.54. The van der Waals surface area contributed by atoms with Crippen molar-refractivity contribution in [3.8, 4) is 17.2 Å². The number of aliphatic hydroxyl groups excluding tert-OH is 1. The van der Waals surface area contributed by atoms with Crippen LogP contribution in [0.3, 0.4) is 0 Å². The predicted octanol–water partition coefficient (Wildman–Crippen LogP) is 1.61. The van der Waals surface area contributed by atoms with Crippen molar-refractivity contribution < 1.29 is 42.9 Å². The Balaban J connectivity index is 2.32. The van der Waals surface area contributed by atoms with Crippen LogP contribution in [0.1, 0.15) is 29.8 Å². The van der Waals surface area contributed by atoms with E-state index in [2.05, 4.69) is 4.74 Å². The maximum atomic E-state index is 12.9. The number of halogens is 2. The van der Waals surface area contributed by atoms with Crippen LogP contribution < -0.4 is 15.2 Å². The number of primary amides is 1. The fourth-order valence-corrected chi connectivity index (χ4v) is 3.27. The van der Waals surface area contributed by atoms with Gasteiger partial charge in [-0.1, -0.05) is 0 Å². The average molecular weight is 381 g/mol. The molecule has 1 aromatic rings. The molecule has 0 aromatic heterocycles. The molecular formula is C17H13F2NO7. The number of aliphatic hydroxyl groups is 1. The smallest absolute Gasteiger partial charge is 0.387 e. The summed E-state index contributed by atoms with van der Waals surface area (Å²) in [7, 11) is 0. The van der Waals surface area contributed by atoms with Crippen molar-refractivity contribution >= 4 is 17.5 Å². The van der Waals surface area contributed by atoms with Crippen molar-refractivity contribution in [3.63, 3.8) is 0 Å². The van der Waals surface area contributed by atoms with E-state index in [-0.39, 0.29) is 11.3 Å². The number of hydrogen-bond acceptors (Lipinski definition) is 7. The molecular weight excluding hydrogens is 368 g/mol. The van der Waals surface area contributed by atoms with Crippen LogP contribution in [0.15, 0.2) is 29.2 Å². The van der Waals surface area contributed by atoms with Gasteiger partial charge in [-0.2, -0.15) is 8.78 Å². The van der Waals surface area contributed by atoms with E-state index >= 15 is 0 Å². The van der Waals surface area contributed by atoms with E-state index in [1.54, 1.807) is 0 Å². The predicted molar refractivity (Wildman–Crippen MR) is 84.7 cm³/mol. The lowest BCUT2D eigenvalue weighted by atomic mass is 9.71. The maximum absolute atomic E-state index is 12.9. The number of ether oxygens (including phenoxy) is 2. The minimum atomic E-state index is -3.32. The fraction of sp³-hybridized carbons (Fsp3) is 0.235. The molecule has 1 amide bonds. The van der Waals surface area contributed by atoms with Crippen LogP contribution in [-0.4, -0.2) is 34.3 Å². The van der Waals surface area contributed by atoms with Gasteiger partial charge in [-0.25, -0.2) is 0 Å². The Kier molecular flexibility index (Phi) is 3.94. The second-order valence-electron chi connectivity index (χ2n) is 6.10. The number of carbonyl (C=O) groups excluding carboxylic acids is 3. The number of benzene rings is 1. The molecule has 142 valence electrons. The van der Waals surface area contributed by atoms with Crippen LogP contribution in [0, 0.1) is 0 Å². The molecule has 0 saturated carbocycles. The molecule has 1 atom stereocenters. The van der Waals surface area contributed by atoms with Gasteiger partial charge in [-0.15, -0.1) is 0 Å². The number of Topliss-reactive ketones (excluding diaryl/α,β-unsaturated/α-hetero) is 2. The molecule has 0 unspecified atom stereocenters. The zero-order valence-corrected chi connectivity index (χ0v) is 14.0. The van der Waals surface area contributed by atoms with Crippen molar-refractivity contribution in [1.82, 2.24) is 0 Å². The number of phenols is 1. The molecule has 0 bridgehead atoms. The third-order valence-corrected chi connectivity index (χ3v) is 4.45. The van der Waals surface area contributed by atoms with Gasteiger partial charge in [0, 0.05) is 12.1 Å². The molecule has 0 fully saturated rings. The molecule has 1 aromatic carbocycles. The normalized spacial score (nSPS) is 20.8. The zero-order chi connectivity index (χ0) is 20.3. The van der Waals surface area contributed by atoms with Crippen molar-refractivity contribution in [1.29, 1.82) is 0 Å². The molecule has 1 aliphatic carbocycles. The Morgan fingerprint density at radius 2 is 1.96 bits per heavy atom. The molecule has 1 aliphatic heterocycles. The van der Waals surface area contributed by atoms with Crippen LogP contribution in [0.5, 0.6) is 17.2 Å². The van der Waals surface area contributed by atoms with Gasteiger partial charge in [-0.05, 0) is 13.8 Å². The molecule has 0 spiro atoms. The Labute approximate surface area is 150 Å². The molecule has 3 rings (SSSR count). The summed E-state index contributed by atoms with van der Waals surface area (Å²) in [5, 5.41) is 20.3. The number of aromatic hydroxyl groups is 1. The van der Waals surface area contributed by atoms with Gasteiger partial charge in [0.05, 0.1) is 5.56 Å². The van der Waals surface area contributed by atoms with Crippen LogP contribution in [0.2, 0.25) is 0 Å². The van der Waals surface area contributed by atoms with Crippen LogP contribution in [0.4, 0.5) is 8.78 Å². The van der Waals surface area contributed by atoms with Crippen molar-refractivity contribution in [2.75, 3.05) is 0 Å². The standard InChI is InChI=1S/C17H13F2NO7/c1-5(21)10-6(22)4-9-17(2,14(10)24)12-7(23)3-8(26-16(18)19)11(15(20)25)13(12)27-9/h3-4,16,22-23H,1-2H3,(H2,20,25)/t17-/m1/s1. The molecule has 1 heterocycles. The first-order valence-electron chi connectivity index (χ1n) is 7.54. The number of allylic oxidation sites excluding steroid dienone is 3. The van der Waals surface area contributed by atoms with E-state index in [9.17, 15) is 33.4 Å². The summed E-state index contributed by atoms with van der Waals surface area (Å²) < 4.78 is 34.9. The minimum Gasteiger partial charge on any atom is -0.507 e. The third kappa shape index (κ3) is 2.44. The van der Waals surface area contributed by atoms with Gasteiger partial charge in [0.2, 0.25) is 0 Å². The highest BCUT2D eigenvalue weighted by atomic mass is 19.3. The first-order chi connectivity index (χ1) is 12.5. The van der Waals surface area contributed by atoms with Crippen LogP contribution in [0.25, 0.3) is 0 Å². The number of alkyl halides is 2. The highest BCUT2D eigenvalue weighted by Gasteiger charge is 2.55. The second-order valence-corrected chi connectivity index (χ2v) is 6.10. The number of phenolic OH excluding ortho intramolecular Hbond substituents is 1. The molecule has 2 aliphatic rings. The summed E-state index contributed by atoms with van der Waals surface area (Å²) in [5.41, 5.74) is 2.08. The Hall–Kier alpha value is -3.43. The summed E-state index contributed by atoms with van der Waals surface area (Å²) in [6, 6.07) is 0.710. The van der Waals surface area contributed by atoms with Gasteiger partial charge < -0.3 is 25.4 Å². The summed E-state index contributed by atoms with van der Waals surface area (Å²) >= 11 is 0. The number of amides is 1. The largest absolute Gasteiger partial charge is 0.507 e. The van der Waals surface area contributed by atoms with E-state index in [1.807, 2.05) is 0 Å². The minimum absolute atomic E-state index is 0.211. The van der Waals surface area contributed by atoms with Gasteiger partial charge in [-0.3, -0.25) is 14.4 Å². The van der Waals surface area contributed by atoms with Gasteiger partial charge >= 0.3 is 6.61 Å². The quantitative estimate of drug-likeness (QED) is 0.674. The Morgan fingerprint density at radius 1 is 1.33 bits per heavy atom. The third-order valence-electron chi connectivity index (χ3n) is 4.45. The van der Waals surface area contributed by atoms with Crippen LogP contribution >= 0.6 is 0 Å². The summed E-state index contributed by atoms with van der Waals surface area (Å²) in [5.74, 6) is -5.58. The number of carbonyl (C=O) groups is 3. The molecule has 0 radical (unpaired) electrons. The number of nitrogens with two attached hydrogens (primary N) is 1. The van der Waals surface area contributed by atoms with E-state index in [4.69, 9.17) is 10.5 Å². The Morgan fingerprint density at radius 3 is 2.48 bits per heavy atom. The number of ketones is 2. The molecule has 4 N–H and O–H groups in total. The summed E-state index contributed by atoms with van der Waals surface area (Å²) in [6.45, 7) is -0.965. The molecule has 10 heteroatoms. The summed E-state index contributed by atoms with van der Waals surface area (Å²) in [4.78, 5) is 36.5. The van der Waals surface area contributed by atoms with E-state index in [0.717, 1.165) is 13.0 Å². The number of fused-ring (bicyclic) bond motifs is 3. The van der Waals surface area contributed by atoms with Gasteiger partial charge in [0.15, 0.2) is 17.3 Å². The van der Waals surface area contributed by atoms with Gasteiger partial charge in [0.1, 0.15) is 39.6 Å².